The summed E-state index contributed by atoms with van der Waals surface area (Å²) in [6, 6.07) is 0.226. The zero-order chi connectivity index (χ0) is 11.8. The summed E-state index contributed by atoms with van der Waals surface area (Å²) >= 11 is 5.91. The molecular formula is C10H12ClN3O3. The molecule has 2 fully saturated rings. The summed E-state index contributed by atoms with van der Waals surface area (Å²) in [5, 5.41) is 7.62. The Balaban J connectivity index is 1.78. The quantitative estimate of drug-likeness (QED) is 0.746. The monoisotopic (exact) mass is 257 g/mol. The van der Waals surface area contributed by atoms with Gasteiger partial charge in [0.15, 0.2) is 0 Å². The van der Waals surface area contributed by atoms with E-state index in [1.165, 1.54) is 4.90 Å². The molecule has 2 aliphatic heterocycles. The van der Waals surface area contributed by atoms with Crippen molar-refractivity contribution < 1.29 is 13.9 Å². The maximum atomic E-state index is 11.6. The Hall–Kier alpha value is -1.14. The number of carbonyl (C=O) groups is 1. The molecule has 2 unspecified atom stereocenters. The number of aromatic nitrogens is 2. The molecule has 3 heterocycles. The number of nitrogens with zero attached hydrogens (tertiary/aromatic N) is 3. The predicted octanol–water partition coefficient (Wildman–Crippen LogP) is 1.27. The van der Waals surface area contributed by atoms with Crippen molar-refractivity contribution in [2.45, 2.75) is 30.7 Å². The van der Waals surface area contributed by atoms with E-state index in [1.54, 1.807) is 0 Å². The molecule has 1 aromatic heterocycles. The van der Waals surface area contributed by atoms with Crippen molar-refractivity contribution in [3.05, 3.63) is 5.89 Å². The van der Waals surface area contributed by atoms with Crippen molar-refractivity contribution in [3.63, 3.8) is 0 Å². The van der Waals surface area contributed by atoms with Crippen molar-refractivity contribution in [3.8, 4) is 0 Å². The number of halogens is 1. The molecule has 2 saturated heterocycles. The molecule has 7 heteroatoms. The molecule has 1 amide bonds. The van der Waals surface area contributed by atoms with Crippen molar-refractivity contribution in [2.24, 2.45) is 0 Å². The van der Waals surface area contributed by atoms with Crippen molar-refractivity contribution in [2.75, 3.05) is 18.1 Å². The molecule has 0 saturated carbocycles. The summed E-state index contributed by atoms with van der Waals surface area (Å²) in [6.07, 6.45) is 2.07. The second kappa shape index (κ2) is 4.27. The molecule has 0 spiro atoms. The topological polar surface area (TPSA) is 68.5 Å². The summed E-state index contributed by atoms with van der Waals surface area (Å²) in [6.45, 7) is 1.14. The molecule has 3 rings (SSSR count). The highest BCUT2D eigenvalue weighted by Crippen LogP contribution is 2.30. The average Bonchev–Trinajstić information content (AvgIpc) is 2.97. The first-order valence-corrected chi connectivity index (χ1v) is 6.07. The van der Waals surface area contributed by atoms with Gasteiger partial charge in [-0.3, -0.25) is 9.69 Å². The number of hydrogen-bond donors (Lipinski definition) is 0. The summed E-state index contributed by atoms with van der Waals surface area (Å²) in [4.78, 5) is 13.0. The van der Waals surface area contributed by atoms with Gasteiger partial charge in [-0.25, -0.2) is 0 Å². The highest BCUT2D eigenvalue weighted by molar-refractivity contribution is 6.24. The van der Waals surface area contributed by atoms with E-state index >= 15 is 0 Å². The summed E-state index contributed by atoms with van der Waals surface area (Å²) in [5.41, 5.74) is 0. The molecule has 92 valence electrons. The van der Waals surface area contributed by atoms with Crippen LogP contribution in [0.2, 0.25) is 0 Å². The lowest BCUT2D eigenvalue weighted by Gasteiger charge is -2.09. The molecule has 2 aliphatic rings. The van der Waals surface area contributed by atoms with Gasteiger partial charge in [-0.1, -0.05) is 5.10 Å². The highest BCUT2D eigenvalue weighted by atomic mass is 35.5. The van der Waals surface area contributed by atoms with E-state index in [1.807, 2.05) is 0 Å². The molecule has 0 radical (unpaired) electrons. The Morgan fingerprint density at radius 1 is 1.41 bits per heavy atom. The predicted molar refractivity (Wildman–Crippen MR) is 58.8 cm³/mol. The fourth-order valence-corrected chi connectivity index (χ4v) is 2.36. The lowest BCUT2D eigenvalue weighted by atomic mass is 10.2. The van der Waals surface area contributed by atoms with Gasteiger partial charge in [0.05, 0.1) is 5.38 Å². The number of amides is 1. The van der Waals surface area contributed by atoms with Gasteiger partial charge in [0, 0.05) is 19.6 Å². The molecule has 0 N–H and O–H groups in total. The Morgan fingerprint density at radius 3 is 2.94 bits per heavy atom. The Morgan fingerprint density at radius 2 is 2.29 bits per heavy atom. The van der Waals surface area contributed by atoms with Crippen LogP contribution in [0.1, 0.15) is 31.3 Å². The largest absolute Gasteiger partial charge is 0.405 e. The number of ether oxygens (including phenoxy) is 1. The number of anilines is 1. The van der Waals surface area contributed by atoms with Crippen molar-refractivity contribution in [1.29, 1.82) is 0 Å². The Labute approximate surface area is 103 Å². The molecule has 2 atom stereocenters. The summed E-state index contributed by atoms with van der Waals surface area (Å²) < 4.78 is 10.9. The van der Waals surface area contributed by atoms with Gasteiger partial charge in [-0.15, -0.1) is 16.7 Å². The van der Waals surface area contributed by atoms with Gasteiger partial charge >= 0.3 is 6.01 Å². The van der Waals surface area contributed by atoms with E-state index < -0.39 is 0 Å². The fourth-order valence-electron chi connectivity index (χ4n) is 2.09. The van der Waals surface area contributed by atoms with Gasteiger partial charge in [-0.05, 0) is 12.8 Å². The lowest BCUT2D eigenvalue weighted by Crippen LogP contribution is -2.24. The minimum atomic E-state index is -0.180. The first-order chi connectivity index (χ1) is 8.24. The van der Waals surface area contributed by atoms with Crippen LogP contribution in [-0.2, 0) is 9.53 Å². The van der Waals surface area contributed by atoms with Crippen LogP contribution >= 0.6 is 11.6 Å². The average molecular weight is 258 g/mol. The van der Waals surface area contributed by atoms with Crippen LogP contribution in [0.4, 0.5) is 6.01 Å². The number of alkyl halides is 1. The van der Waals surface area contributed by atoms with Gasteiger partial charge < -0.3 is 9.15 Å². The van der Waals surface area contributed by atoms with Gasteiger partial charge in [0.1, 0.15) is 6.10 Å². The second-order valence-corrected chi connectivity index (χ2v) is 4.85. The molecule has 6 nitrogen and oxygen atoms in total. The first-order valence-electron chi connectivity index (χ1n) is 5.63. The van der Waals surface area contributed by atoms with Crippen LogP contribution in [0.25, 0.3) is 0 Å². The fraction of sp³-hybridized carbons (Fsp3) is 0.700. The summed E-state index contributed by atoms with van der Waals surface area (Å²) in [7, 11) is 0. The van der Waals surface area contributed by atoms with Crippen LogP contribution < -0.4 is 4.90 Å². The van der Waals surface area contributed by atoms with E-state index in [0.29, 0.717) is 18.9 Å². The normalized spacial score (nSPS) is 29.2. The van der Waals surface area contributed by atoms with Crippen LogP contribution in [0.5, 0.6) is 0 Å². The number of carbonyl (C=O) groups excluding carboxylic acids is 1. The zero-order valence-electron chi connectivity index (χ0n) is 9.13. The number of rotatable bonds is 2. The molecule has 0 aliphatic carbocycles. The van der Waals surface area contributed by atoms with Crippen LogP contribution in [-0.4, -0.2) is 34.6 Å². The number of hydrogen-bond acceptors (Lipinski definition) is 5. The standard InChI is InChI=1S/C10H12ClN3O3/c11-6-4-8(15)14(5-6)10-13-12-9(17-10)7-2-1-3-16-7/h6-7H,1-5H2. The van der Waals surface area contributed by atoms with Gasteiger partial charge in [-0.2, -0.15) is 0 Å². The first kappa shape index (κ1) is 11.0. The van der Waals surface area contributed by atoms with E-state index in [2.05, 4.69) is 10.2 Å². The molecule has 0 bridgehead atoms. The van der Waals surface area contributed by atoms with Crippen molar-refractivity contribution >= 4 is 23.5 Å². The molecule has 0 aromatic carbocycles. The minimum Gasteiger partial charge on any atom is -0.405 e. The Bertz CT molecular complexity index is 430. The SMILES string of the molecule is O=C1CC(Cl)CN1c1nnc(C2CCCO2)o1. The molecular weight excluding hydrogens is 246 g/mol. The Kier molecular flexibility index (Phi) is 2.76. The second-order valence-electron chi connectivity index (χ2n) is 4.23. The maximum Gasteiger partial charge on any atom is 0.325 e. The lowest BCUT2D eigenvalue weighted by molar-refractivity contribution is -0.117. The van der Waals surface area contributed by atoms with Crippen LogP contribution in [0.3, 0.4) is 0 Å². The van der Waals surface area contributed by atoms with Gasteiger partial charge in [0.2, 0.25) is 11.8 Å². The minimum absolute atomic E-state index is 0.0764. The van der Waals surface area contributed by atoms with Crippen LogP contribution in [0, 0.1) is 0 Å². The summed E-state index contributed by atoms with van der Waals surface area (Å²) in [5.74, 6) is 0.371. The zero-order valence-corrected chi connectivity index (χ0v) is 9.89. The van der Waals surface area contributed by atoms with Gasteiger partial charge in [0.25, 0.3) is 0 Å². The third-order valence-electron chi connectivity index (χ3n) is 2.94. The third kappa shape index (κ3) is 2.02. The van der Waals surface area contributed by atoms with E-state index in [0.717, 1.165) is 19.4 Å². The van der Waals surface area contributed by atoms with Crippen LogP contribution in [0.15, 0.2) is 4.42 Å². The molecule has 17 heavy (non-hydrogen) atoms. The third-order valence-corrected chi connectivity index (χ3v) is 3.24. The highest BCUT2D eigenvalue weighted by Gasteiger charge is 2.33. The molecule has 1 aromatic rings. The van der Waals surface area contributed by atoms with Crippen molar-refractivity contribution in [1.82, 2.24) is 10.2 Å². The maximum absolute atomic E-state index is 11.6. The van der Waals surface area contributed by atoms with E-state index in [9.17, 15) is 4.79 Å². The smallest absolute Gasteiger partial charge is 0.325 e. The van der Waals surface area contributed by atoms with E-state index in [-0.39, 0.29) is 23.4 Å². The van der Waals surface area contributed by atoms with E-state index in [4.69, 9.17) is 20.8 Å².